The molecule has 1 aromatic rings. The molecule has 0 saturated carbocycles. The van der Waals surface area contributed by atoms with Crippen molar-refractivity contribution in [2.24, 2.45) is 5.73 Å². The van der Waals surface area contributed by atoms with E-state index in [1.807, 2.05) is 0 Å². The Bertz CT molecular complexity index is 531. The van der Waals surface area contributed by atoms with Crippen LogP contribution >= 0.6 is 11.6 Å². The number of carboxylic acids is 1. The number of carboxylic acid groups (broad SMARTS) is 1. The second kappa shape index (κ2) is 6.52. The molecule has 0 aliphatic heterocycles. The summed E-state index contributed by atoms with van der Waals surface area (Å²) in [5, 5.41) is 8.93. The van der Waals surface area contributed by atoms with Gasteiger partial charge in [0.05, 0.1) is 12.0 Å². The molecule has 0 radical (unpaired) electrons. The number of amides is 1. The average molecular weight is 268 g/mol. The molecule has 0 saturated heterocycles. The van der Waals surface area contributed by atoms with Crippen LogP contribution in [0.15, 0.2) is 18.2 Å². The molecule has 94 valence electrons. The zero-order valence-corrected chi connectivity index (χ0v) is 10.0. The number of carbonyl (C=O) groups excluding carboxylic acids is 1. The van der Waals surface area contributed by atoms with Gasteiger partial charge >= 0.3 is 5.97 Å². The molecule has 0 unspecified atom stereocenters. The van der Waals surface area contributed by atoms with Gasteiger partial charge in [-0.05, 0) is 12.1 Å². The first kappa shape index (κ1) is 13.9. The normalized spacial score (nSPS) is 9.17. The third-order valence-electron chi connectivity index (χ3n) is 1.78. The van der Waals surface area contributed by atoms with E-state index in [4.69, 9.17) is 27.2 Å². The van der Waals surface area contributed by atoms with Crippen molar-refractivity contribution in [2.75, 3.05) is 6.61 Å². The first-order valence-electron chi connectivity index (χ1n) is 4.90. The van der Waals surface area contributed by atoms with Crippen LogP contribution in [0.25, 0.3) is 0 Å². The number of rotatable bonds is 4. The molecule has 1 amide bonds. The zero-order chi connectivity index (χ0) is 13.5. The fraction of sp³-hybridized carbons (Fsp3) is 0.167. The molecule has 0 aromatic heterocycles. The predicted molar refractivity (Wildman–Crippen MR) is 65.3 cm³/mol. The summed E-state index contributed by atoms with van der Waals surface area (Å²) in [5.41, 5.74) is 5.39. The van der Waals surface area contributed by atoms with E-state index in [9.17, 15) is 9.59 Å². The van der Waals surface area contributed by atoms with Gasteiger partial charge in [-0.2, -0.15) is 0 Å². The van der Waals surface area contributed by atoms with Gasteiger partial charge in [0.2, 0.25) is 5.91 Å². The minimum absolute atomic E-state index is 0.0823. The van der Waals surface area contributed by atoms with Gasteiger partial charge in [0.15, 0.2) is 6.61 Å². The third kappa shape index (κ3) is 4.76. The maximum absolute atomic E-state index is 10.5. The van der Waals surface area contributed by atoms with Crippen LogP contribution in [0.2, 0.25) is 5.02 Å². The lowest BCUT2D eigenvalue weighted by Gasteiger charge is -2.06. The Balaban J connectivity index is 2.90. The lowest BCUT2D eigenvalue weighted by atomic mass is 10.2. The summed E-state index contributed by atoms with van der Waals surface area (Å²) in [7, 11) is 0. The highest BCUT2D eigenvalue weighted by Crippen LogP contribution is 2.22. The quantitative estimate of drug-likeness (QED) is 0.798. The summed E-state index contributed by atoms with van der Waals surface area (Å²) < 4.78 is 5.03. The van der Waals surface area contributed by atoms with Crippen LogP contribution in [-0.4, -0.2) is 23.6 Å². The smallest absolute Gasteiger partial charge is 0.341 e. The summed E-state index contributed by atoms with van der Waals surface area (Å²) in [6, 6.07) is 4.62. The van der Waals surface area contributed by atoms with Crippen LogP contribution in [0.5, 0.6) is 5.75 Å². The molecule has 6 heteroatoms. The molecule has 0 heterocycles. The van der Waals surface area contributed by atoms with Crippen molar-refractivity contribution < 1.29 is 19.4 Å². The van der Waals surface area contributed by atoms with Crippen LogP contribution in [0.4, 0.5) is 0 Å². The maximum atomic E-state index is 10.5. The Morgan fingerprint density at radius 3 is 2.78 bits per heavy atom. The number of halogens is 1. The molecular weight excluding hydrogens is 258 g/mol. The van der Waals surface area contributed by atoms with Gasteiger partial charge in [-0.3, -0.25) is 4.79 Å². The molecular formula is C12H10ClNO4. The Kier molecular flexibility index (Phi) is 5.03. The number of ether oxygens (including phenoxy) is 1. The minimum atomic E-state index is -1.11. The van der Waals surface area contributed by atoms with Crippen molar-refractivity contribution in [3.8, 4) is 17.6 Å². The summed E-state index contributed by atoms with van der Waals surface area (Å²) >= 11 is 5.77. The maximum Gasteiger partial charge on any atom is 0.341 e. The number of carbonyl (C=O) groups is 2. The lowest BCUT2D eigenvalue weighted by Crippen LogP contribution is -2.10. The van der Waals surface area contributed by atoms with Gasteiger partial charge in [-0.15, -0.1) is 0 Å². The second-order valence-electron chi connectivity index (χ2n) is 3.27. The summed E-state index contributed by atoms with van der Waals surface area (Å²) in [6.45, 7) is -0.495. The predicted octanol–water partition coefficient (Wildman–Crippen LogP) is 1.03. The molecule has 0 spiro atoms. The van der Waals surface area contributed by atoms with E-state index < -0.39 is 18.5 Å². The first-order chi connectivity index (χ1) is 8.49. The van der Waals surface area contributed by atoms with Crippen molar-refractivity contribution in [3.05, 3.63) is 28.8 Å². The fourth-order valence-corrected chi connectivity index (χ4v) is 1.25. The van der Waals surface area contributed by atoms with Crippen molar-refractivity contribution in [3.63, 3.8) is 0 Å². The summed E-state index contributed by atoms with van der Waals surface area (Å²) in [4.78, 5) is 21.0. The largest absolute Gasteiger partial charge is 0.481 e. The number of nitrogens with two attached hydrogens (primary N) is 1. The highest BCUT2D eigenvalue weighted by Gasteiger charge is 2.05. The number of aliphatic carboxylic acids is 1. The van der Waals surface area contributed by atoms with Crippen LogP contribution < -0.4 is 10.5 Å². The Morgan fingerprint density at radius 1 is 1.44 bits per heavy atom. The second-order valence-corrected chi connectivity index (χ2v) is 3.70. The van der Waals surface area contributed by atoms with Gasteiger partial charge < -0.3 is 15.6 Å². The van der Waals surface area contributed by atoms with E-state index in [1.165, 1.54) is 6.07 Å². The summed E-state index contributed by atoms with van der Waals surface area (Å²) in [6.07, 6.45) is -0.0823. The number of hydrogen-bond acceptors (Lipinski definition) is 3. The van der Waals surface area contributed by atoms with Gasteiger partial charge in [-0.25, -0.2) is 4.79 Å². The molecule has 0 fully saturated rings. The van der Waals surface area contributed by atoms with E-state index >= 15 is 0 Å². The Morgan fingerprint density at radius 2 is 2.17 bits per heavy atom. The Labute approximate surface area is 108 Å². The minimum Gasteiger partial charge on any atom is -0.481 e. The SMILES string of the molecule is NC(=O)CC#Cc1ccc(Cl)cc1OCC(=O)O. The number of primary amides is 1. The fourth-order valence-electron chi connectivity index (χ4n) is 1.08. The number of benzene rings is 1. The molecule has 1 aromatic carbocycles. The van der Waals surface area contributed by atoms with Crippen LogP contribution in [0.3, 0.4) is 0 Å². The molecule has 18 heavy (non-hydrogen) atoms. The van der Waals surface area contributed by atoms with Crippen LogP contribution in [0.1, 0.15) is 12.0 Å². The molecule has 3 N–H and O–H groups in total. The summed E-state index contributed by atoms with van der Waals surface area (Å²) in [5.74, 6) is 3.83. The molecule has 0 aliphatic rings. The van der Waals surface area contributed by atoms with E-state index in [2.05, 4.69) is 11.8 Å². The van der Waals surface area contributed by atoms with Crippen molar-refractivity contribution in [2.45, 2.75) is 6.42 Å². The van der Waals surface area contributed by atoms with E-state index in [0.29, 0.717) is 10.6 Å². The average Bonchev–Trinajstić information content (AvgIpc) is 2.28. The standard InChI is InChI=1S/C12H10ClNO4/c13-9-5-4-8(2-1-3-11(14)15)10(6-9)18-7-12(16)17/h4-6H,3,7H2,(H2,14,15)(H,16,17). The van der Waals surface area contributed by atoms with Crippen molar-refractivity contribution in [1.82, 2.24) is 0 Å². The molecule has 5 nitrogen and oxygen atoms in total. The highest BCUT2D eigenvalue weighted by atomic mass is 35.5. The first-order valence-corrected chi connectivity index (χ1v) is 5.28. The van der Waals surface area contributed by atoms with E-state index in [0.717, 1.165) is 0 Å². The monoisotopic (exact) mass is 267 g/mol. The highest BCUT2D eigenvalue weighted by molar-refractivity contribution is 6.30. The third-order valence-corrected chi connectivity index (χ3v) is 2.02. The molecule has 0 atom stereocenters. The van der Waals surface area contributed by atoms with Crippen LogP contribution in [0, 0.1) is 11.8 Å². The molecule has 1 rings (SSSR count). The van der Waals surface area contributed by atoms with E-state index in [1.54, 1.807) is 12.1 Å². The number of hydrogen-bond donors (Lipinski definition) is 2. The van der Waals surface area contributed by atoms with Gasteiger partial charge in [0.25, 0.3) is 0 Å². The molecule has 0 aliphatic carbocycles. The van der Waals surface area contributed by atoms with Gasteiger partial charge in [-0.1, -0.05) is 23.4 Å². The van der Waals surface area contributed by atoms with E-state index in [-0.39, 0.29) is 12.2 Å². The van der Waals surface area contributed by atoms with Gasteiger partial charge in [0, 0.05) is 11.1 Å². The van der Waals surface area contributed by atoms with Crippen molar-refractivity contribution in [1.29, 1.82) is 0 Å². The van der Waals surface area contributed by atoms with Gasteiger partial charge in [0.1, 0.15) is 5.75 Å². The van der Waals surface area contributed by atoms with Crippen molar-refractivity contribution >= 4 is 23.5 Å². The van der Waals surface area contributed by atoms with Crippen LogP contribution in [-0.2, 0) is 9.59 Å². The zero-order valence-electron chi connectivity index (χ0n) is 9.27. The Hall–Kier alpha value is -2.19. The lowest BCUT2D eigenvalue weighted by molar-refractivity contribution is -0.139. The molecule has 0 bridgehead atoms. The topological polar surface area (TPSA) is 89.6 Å².